The first kappa shape index (κ1) is 12.5. The Morgan fingerprint density at radius 2 is 2.11 bits per heavy atom. The van der Waals surface area contributed by atoms with Gasteiger partial charge in [0.15, 0.2) is 0 Å². The molecule has 0 aromatic carbocycles. The standard InChI is InChI=1S/C13H11N3S3/c1-14-13-16(15-7-10-4-6-17-8-10)11(9-19-13)12-3-2-5-18-12/h2-9H,1H3. The molecule has 3 aromatic heterocycles. The van der Waals surface area contributed by atoms with Crippen molar-refractivity contribution in [1.82, 2.24) is 4.68 Å². The van der Waals surface area contributed by atoms with Gasteiger partial charge in [-0.05, 0) is 28.3 Å². The minimum Gasteiger partial charge on any atom is -0.261 e. The lowest BCUT2D eigenvalue weighted by atomic mass is 10.4. The van der Waals surface area contributed by atoms with E-state index in [0.29, 0.717) is 0 Å². The molecule has 0 saturated heterocycles. The van der Waals surface area contributed by atoms with Crippen molar-refractivity contribution in [3.63, 3.8) is 0 Å². The number of aromatic nitrogens is 1. The molecule has 0 aliphatic heterocycles. The topological polar surface area (TPSA) is 29.6 Å². The third-order valence-corrected chi connectivity index (χ3v) is 5.02. The lowest BCUT2D eigenvalue weighted by Crippen LogP contribution is -2.11. The SMILES string of the molecule is CN=c1scc(-c2cccs2)n1N=Cc1ccsc1. The summed E-state index contributed by atoms with van der Waals surface area (Å²) in [6.07, 6.45) is 1.87. The van der Waals surface area contributed by atoms with Gasteiger partial charge in [-0.2, -0.15) is 16.4 Å². The van der Waals surface area contributed by atoms with Crippen LogP contribution in [0.2, 0.25) is 0 Å². The van der Waals surface area contributed by atoms with Crippen LogP contribution in [0, 0.1) is 0 Å². The summed E-state index contributed by atoms with van der Waals surface area (Å²) in [4.78, 5) is 6.38. The van der Waals surface area contributed by atoms with Gasteiger partial charge in [0.05, 0.1) is 16.8 Å². The van der Waals surface area contributed by atoms with E-state index in [1.807, 2.05) is 22.3 Å². The predicted octanol–water partition coefficient (Wildman–Crippen LogP) is 3.75. The molecule has 0 radical (unpaired) electrons. The molecular formula is C13H11N3S3. The molecule has 0 aliphatic carbocycles. The molecule has 0 aliphatic rings. The fourth-order valence-corrected chi connectivity index (χ4v) is 3.84. The van der Waals surface area contributed by atoms with E-state index >= 15 is 0 Å². The van der Waals surface area contributed by atoms with Gasteiger partial charge in [0.2, 0.25) is 4.80 Å². The molecule has 0 spiro atoms. The number of hydrogen-bond acceptors (Lipinski definition) is 5. The van der Waals surface area contributed by atoms with E-state index in [-0.39, 0.29) is 0 Å². The Bertz CT molecular complexity index is 731. The smallest absolute Gasteiger partial charge is 0.205 e. The van der Waals surface area contributed by atoms with Crippen LogP contribution in [0.3, 0.4) is 0 Å². The number of hydrogen-bond donors (Lipinski definition) is 0. The van der Waals surface area contributed by atoms with Crippen LogP contribution >= 0.6 is 34.0 Å². The fraction of sp³-hybridized carbons (Fsp3) is 0.0769. The van der Waals surface area contributed by atoms with Gasteiger partial charge >= 0.3 is 0 Å². The molecule has 96 valence electrons. The predicted molar refractivity (Wildman–Crippen MR) is 84.4 cm³/mol. The maximum atomic E-state index is 4.56. The van der Waals surface area contributed by atoms with Crippen molar-refractivity contribution in [2.75, 3.05) is 7.05 Å². The van der Waals surface area contributed by atoms with Crippen LogP contribution < -0.4 is 4.80 Å². The molecular weight excluding hydrogens is 294 g/mol. The van der Waals surface area contributed by atoms with Crippen LogP contribution in [0.25, 0.3) is 10.6 Å². The highest BCUT2D eigenvalue weighted by molar-refractivity contribution is 7.14. The average molecular weight is 305 g/mol. The highest BCUT2D eigenvalue weighted by Crippen LogP contribution is 2.24. The lowest BCUT2D eigenvalue weighted by molar-refractivity contribution is 0.850. The first-order valence-corrected chi connectivity index (χ1v) is 8.32. The van der Waals surface area contributed by atoms with Crippen molar-refractivity contribution in [3.8, 4) is 10.6 Å². The minimum atomic E-state index is 0.898. The zero-order valence-electron chi connectivity index (χ0n) is 10.2. The van der Waals surface area contributed by atoms with Crippen LogP contribution in [0.5, 0.6) is 0 Å². The van der Waals surface area contributed by atoms with Gasteiger partial charge in [0.1, 0.15) is 0 Å². The Labute approximate surface area is 122 Å². The van der Waals surface area contributed by atoms with Crippen molar-refractivity contribution < 1.29 is 0 Å². The van der Waals surface area contributed by atoms with E-state index in [9.17, 15) is 0 Å². The van der Waals surface area contributed by atoms with Crippen molar-refractivity contribution in [2.45, 2.75) is 0 Å². The summed E-state index contributed by atoms with van der Waals surface area (Å²) in [5.41, 5.74) is 2.20. The van der Waals surface area contributed by atoms with Gasteiger partial charge in [0.25, 0.3) is 0 Å². The Balaban J connectivity index is 2.06. The Morgan fingerprint density at radius 1 is 1.16 bits per heavy atom. The van der Waals surface area contributed by atoms with Crippen LogP contribution in [0.15, 0.2) is 49.8 Å². The number of thiophene rings is 2. The van der Waals surface area contributed by atoms with E-state index in [1.165, 1.54) is 4.88 Å². The highest BCUT2D eigenvalue weighted by Gasteiger charge is 2.07. The molecule has 0 atom stereocenters. The van der Waals surface area contributed by atoms with Crippen LogP contribution in [0.1, 0.15) is 5.56 Å². The zero-order valence-corrected chi connectivity index (χ0v) is 12.6. The van der Waals surface area contributed by atoms with E-state index in [4.69, 9.17) is 0 Å². The van der Waals surface area contributed by atoms with Crippen LogP contribution in [0.4, 0.5) is 0 Å². The lowest BCUT2D eigenvalue weighted by Gasteiger charge is -1.99. The molecule has 6 heteroatoms. The molecule has 3 nitrogen and oxygen atoms in total. The monoisotopic (exact) mass is 305 g/mol. The molecule has 3 aromatic rings. The minimum absolute atomic E-state index is 0.898. The molecule has 0 N–H and O–H groups in total. The van der Waals surface area contributed by atoms with Gasteiger partial charge < -0.3 is 0 Å². The summed E-state index contributed by atoms with van der Waals surface area (Å²) in [6, 6.07) is 6.20. The van der Waals surface area contributed by atoms with Gasteiger partial charge in [0, 0.05) is 18.0 Å². The van der Waals surface area contributed by atoms with Gasteiger partial charge in [-0.3, -0.25) is 4.99 Å². The summed E-state index contributed by atoms with van der Waals surface area (Å²) in [5, 5.41) is 12.8. The molecule has 0 fully saturated rings. The average Bonchev–Trinajstić information content (AvgIpc) is 3.16. The zero-order chi connectivity index (χ0) is 13.1. The third-order valence-electron chi connectivity index (χ3n) is 2.52. The molecule has 0 bridgehead atoms. The third kappa shape index (κ3) is 2.60. The highest BCUT2D eigenvalue weighted by atomic mass is 32.1. The Morgan fingerprint density at radius 3 is 2.79 bits per heavy atom. The number of thiazole rings is 1. The first-order valence-electron chi connectivity index (χ1n) is 5.62. The van der Waals surface area contributed by atoms with E-state index in [1.54, 1.807) is 41.1 Å². The van der Waals surface area contributed by atoms with Gasteiger partial charge in [-0.1, -0.05) is 6.07 Å². The number of nitrogens with zero attached hydrogens (tertiary/aromatic N) is 3. The van der Waals surface area contributed by atoms with E-state index in [0.717, 1.165) is 16.1 Å². The summed E-state index contributed by atoms with van der Waals surface area (Å²) in [7, 11) is 1.79. The van der Waals surface area contributed by atoms with E-state index in [2.05, 4.69) is 38.4 Å². The largest absolute Gasteiger partial charge is 0.261 e. The second kappa shape index (κ2) is 5.64. The van der Waals surface area contributed by atoms with Gasteiger partial charge in [-0.25, -0.2) is 4.68 Å². The van der Waals surface area contributed by atoms with Crippen molar-refractivity contribution in [2.24, 2.45) is 10.1 Å². The second-order valence-corrected chi connectivity index (χ2v) is 6.28. The normalized spacial score (nSPS) is 12.6. The van der Waals surface area contributed by atoms with Gasteiger partial charge in [-0.15, -0.1) is 22.7 Å². The molecule has 19 heavy (non-hydrogen) atoms. The number of rotatable bonds is 3. The Hall–Kier alpha value is -1.50. The maximum absolute atomic E-state index is 4.56. The van der Waals surface area contributed by atoms with Crippen molar-refractivity contribution >= 4 is 40.2 Å². The molecule has 0 saturated carbocycles. The quantitative estimate of drug-likeness (QED) is 0.660. The summed E-state index contributed by atoms with van der Waals surface area (Å²) in [6.45, 7) is 0. The summed E-state index contributed by atoms with van der Waals surface area (Å²) in [5.74, 6) is 0. The molecule has 3 rings (SSSR count). The first-order chi connectivity index (χ1) is 9.38. The van der Waals surface area contributed by atoms with Crippen molar-refractivity contribution in [1.29, 1.82) is 0 Å². The fourth-order valence-electron chi connectivity index (χ4n) is 1.63. The van der Waals surface area contributed by atoms with Crippen molar-refractivity contribution in [3.05, 3.63) is 50.1 Å². The summed E-state index contributed by atoms with van der Waals surface area (Å²) >= 11 is 4.98. The summed E-state index contributed by atoms with van der Waals surface area (Å²) < 4.78 is 1.90. The maximum Gasteiger partial charge on any atom is 0.205 e. The Kier molecular flexibility index (Phi) is 3.72. The van der Waals surface area contributed by atoms with E-state index < -0.39 is 0 Å². The second-order valence-electron chi connectivity index (χ2n) is 3.72. The van der Waals surface area contributed by atoms with Crippen LogP contribution in [-0.2, 0) is 0 Å². The van der Waals surface area contributed by atoms with Crippen LogP contribution in [-0.4, -0.2) is 17.9 Å². The molecule has 3 heterocycles. The molecule has 0 unspecified atom stereocenters. The molecule has 0 amide bonds.